The number of carbonyl (C=O) groups excluding carboxylic acids is 2. The minimum atomic E-state index is -0.856. The van der Waals surface area contributed by atoms with E-state index in [0.29, 0.717) is 5.56 Å². The first kappa shape index (κ1) is 19.2. The van der Waals surface area contributed by atoms with Gasteiger partial charge in [-0.3, -0.25) is 9.59 Å². The standard InChI is InChI=1S/C19H19F2N3O2/c1-12(2)17(23-18(25)13-7-4-3-5-8-13)19(26)24-22-11-14-15(20)9-6-10-16(14)21/h3-12,17H,1-2H3,(H,23,25)(H,24,26)/b22-11+/t17-/m0/s1. The van der Waals surface area contributed by atoms with Crippen LogP contribution in [0.2, 0.25) is 0 Å². The zero-order valence-corrected chi connectivity index (χ0v) is 14.4. The first-order valence-electron chi connectivity index (χ1n) is 8.03. The fraction of sp³-hybridized carbons (Fsp3) is 0.211. The van der Waals surface area contributed by atoms with Crippen LogP contribution in [0, 0.1) is 17.6 Å². The molecule has 0 saturated carbocycles. The highest BCUT2D eigenvalue weighted by atomic mass is 19.1. The fourth-order valence-electron chi connectivity index (χ4n) is 2.21. The van der Waals surface area contributed by atoms with E-state index < -0.39 is 29.5 Å². The van der Waals surface area contributed by atoms with Gasteiger partial charge in [0.1, 0.15) is 17.7 Å². The molecule has 2 aromatic rings. The second kappa shape index (κ2) is 8.84. The second-order valence-electron chi connectivity index (χ2n) is 5.93. The highest BCUT2D eigenvalue weighted by Gasteiger charge is 2.24. The Morgan fingerprint density at radius 1 is 1.00 bits per heavy atom. The van der Waals surface area contributed by atoms with Crippen LogP contribution in [0.4, 0.5) is 8.78 Å². The van der Waals surface area contributed by atoms with Gasteiger partial charge in [0.2, 0.25) is 0 Å². The zero-order chi connectivity index (χ0) is 19.1. The number of hydrogen-bond donors (Lipinski definition) is 2. The molecule has 2 rings (SSSR count). The van der Waals surface area contributed by atoms with Crippen LogP contribution < -0.4 is 10.7 Å². The van der Waals surface area contributed by atoms with Crippen LogP contribution in [-0.4, -0.2) is 24.1 Å². The Labute approximate surface area is 150 Å². The summed E-state index contributed by atoms with van der Waals surface area (Å²) in [5.74, 6) is -2.79. The Kier molecular flexibility index (Phi) is 6.54. The monoisotopic (exact) mass is 359 g/mol. The van der Waals surface area contributed by atoms with Crippen LogP contribution in [0.15, 0.2) is 53.6 Å². The van der Waals surface area contributed by atoms with Crippen molar-refractivity contribution < 1.29 is 18.4 Å². The number of nitrogens with one attached hydrogen (secondary N) is 2. The molecule has 26 heavy (non-hydrogen) atoms. The summed E-state index contributed by atoms with van der Waals surface area (Å²) >= 11 is 0. The smallest absolute Gasteiger partial charge is 0.262 e. The van der Waals surface area contributed by atoms with Gasteiger partial charge in [-0.1, -0.05) is 38.1 Å². The molecule has 2 aromatic carbocycles. The van der Waals surface area contributed by atoms with Crippen LogP contribution in [0.25, 0.3) is 0 Å². The lowest BCUT2D eigenvalue weighted by molar-refractivity contribution is -0.123. The van der Waals surface area contributed by atoms with E-state index >= 15 is 0 Å². The van der Waals surface area contributed by atoms with Crippen molar-refractivity contribution in [2.24, 2.45) is 11.0 Å². The minimum absolute atomic E-state index is 0.219. The van der Waals surface area contributed by atoms with Crippen molar-refractivity contribution in [2.45, 2.75) is 19.9 Å². The molecule has 0 aliphatic carbocycles. The predicted molar refractivity (Wildman–Crippen MR) is 94.6 cm³/mol. The molecule has 2 N–H and O–H groups in total. The van der Waals surface area contributed by atoms with Gasteiger partial charge in [-0.25, -0.2) is 14.2 Å². The molecule has 0 saturated heterocycles. The lowest BCUT2D eigenvalue weighted by Crippen LogP contribution is -2.48. The predicted octanol–water partition coefficient (Wildman–Crippen LogP) is 2.87. The number of halogens is 2. The van der Waals surface area contributed by atoms with Gasteiger partial charge in [0, 0.05) is 5.56 Å². The van der Waals surface area contributed by atoms with Crippen LogP contribution in [0.1, 0.15) is 29.8 Å². The summed E-state index contributed by atoms with van der Waals surface area (Å²) in [5.41, 5.74) is 2.27. The van der Waals surface area contributed by atoms with Gasteiger partial charge in [0.05, 0.1) is 11.8 Å². The molecule has 5 nitrogen and oxygen atoms in total. The number of nitrogens with zero attached hydrogens (tertiary/aromatic N) is 1. The van der Waals surface area contributed by atoms with E-state index in [-0.39, 0.29) is 11.5 Å². The van der Waals surface area contributed by atoms with Gasteiger partial charge in [-0.15, -0.1) is 0 Å². The number of benzene rings is 2. The first-order valence-corrected chi connectivity index (χ1v) is 8.03. The number of amides is 2. The molecule has 0 heterocycles. The summed E-state index contributed by atoms with van der Waals surface area (Å²) in [4.78, 5) is 24.5. The summed E-state index contributed by atoms with van der Waals surface area (Å²) < 4.78 is 27.0. The Balaban J connectivity index is 2.04. The average molecular weight is 359 g/mol. The molecule has 0 spiro atoms. The Bertz CT molecular complexity index is 787. The maximum Gasteiger partial charge on any atom is 0.262 e. The Hall–Kier alpha value is -3.09. The Morgan fingerprint density at radius 3 is 2.19 bits per heavy atom. The molecular formula is C19H19F2N3O2. The van der Waals surface area contributed by atoms with Gasteiger partial charge >= 0.3 is 0 Å². The normalized spacial score (nSPS) is 12.2. The highest BCUT2D eigenvalue weighted by molar-refractivity contribution is 5.97. The maximum atomic E-state index is 13.5. The van der Waals surface area contributed by atoms with E-state index in [9.17, 15) is 18.4 Å². The van der Waals surface area contributed by atoms with Gasteiger partial charge in [0.15, 0.2) is 0 Å². The third kappa shape index (κ3) is 4.95. The van der Waals surface area contributed by atoms with E-state index in [1.807, 2.05) is 0 Å². The van der Waals surface area contributed by atoms with E-state index in [2.05, 4.69) is 15.8 Å². The lowest BCUT2D eigenvalue weighted by atomic mass is 10.0. The number of hydrogen-bond acceptors (Lipinski definition) is 3. The van der Waals surface area contributed by atoms with E-state index in [4.69, 9.17) is 0 Å². The molecule has 136 valence electrons. The molecule has 2 amide bonds. The zero-order valence-electron chi connectivity index (χ0n) is 14.4. The molecule has 0 fully saturated rings. The van der Waals surface area contributed by atoms with Crippen molar-refractivity contribution in [2.75, 3.05) is 0 Å². The fourth-order valence-corrected chi connectivity index (χ4v) is 2.21. The average Bonchev–Trinajstić information content (AvgIpc) is 2.62. The van der Waals surface area contributed by atoms with E-state index in [1.165, 1.54) is 6.07 Å². The number of carbonyl (C=O) groups is 2. The van der Waals surface area contributed by atoms with Crippen LogP contribution >= 0.6 is 0 Å². The summed E-state index contributed by atoms with van der Waals surface area (Å²) in [6.45, 7) is 3.52. The van der Waals surface area contributed by atoms with Crippen molar-refractivity contribution in [3.63, 3.8) is 0 Å². The first-order chi connectivity index (χ1) is 12.4. The summed E-state index contributed by atoms with van der Waals surface area (Å²) in [7, 11) is 0. The van der Waals surface area contributed by atoms with Crippen LogP contribution in [0.5, 0.6) is 0 Å². The number of hydrazone groups is 1. The lowest BCUT2D eigenvalue weighted by Gasteiger charge is -2.20. The molecular weight excluding hydrogens is 340 g/mol. The molecule has 0 aliphatic rings. The molecule has 0 bridgehead atoms. The van der Waals surface area contributed by atoms with Crippen LogP contribution in [0.3, 0.4) is 0 Å². The van der Waals surface area contributed by atoms with Crippen LogP contribution in [-0.2, 0) is 4.79 Å². The summed E-state index contributed by atoms with van der Waals surface area (Å²) in [6, 6.07) is 11.0. The second-order valence-corrected chi connectivity index (χ2v) is 5.93. The quantitative estimate of drug-likeness (QED) is 0.615. The topological polar surface area (TPSA) is 70.6 Å². The van der Waals surface area contributed by atoms with Crippen molar-refractivity contribution in [1.82, 2.24) is 10.7 Å². The van der Waals surface area contributed by atoms with Crippen molar-refractivity contribution in [3.8, 4) is 0 Å². The van der Waals surface area contributed by atoms with Crippen molar-refractivity contribution >= 4 is 18.0 Å². The van der Waals surface area contributed by atoms with Crippen molar-refractivity contribution in [3.05, 3.63) is 71.3 Å². The van der Waals surface area contributed by atoms with Gasteiger partial charge in [-0.2, -0.15) is 5.10 Å². The number of rotatable bonds is 6. The molecule has 0 unspecified atom stereocenters. The van der Waals surface area contributed by atoms with Gasteiger partial charge in [0.25, 0.3) is 11.8 Å². The van der Waals surface area contributed by atoms with Gasteiger partial charge in [-0.05, 0) is 30.2 Å². The SMILES string of the molecule is CC(C)[C@H](NC(=O)c1ccccc1)C(=O)N/N=C/c1c(F)cccc1F. The molecule has 0 aromatic heterocycles. The third-order valence-corrected chi connectivity index (χ3v) is 3.64. The Morgan fingerprint density at radius 2 is 1.62 bits per heavy atom. The summed E-state index contributed by atoms with van der Waals surface area (Å²) in [5, 5.41) is 6.22. The maximum absolute atomic E-state index is 13.5. The largest absolute Gasteiger partial charge is 0.340 e. The van der Waals surface area contributed by atoms with E-state index in [0.717, 1.165) is 18.3 Å². The summed E-state index contributed by atoms with van der Waals surface area (Å²) in [6.07, 6.45) is 0.888. The third-order valence-electron chi connectivity index (χ3n) is 3.64. The highest BCUT2D eigenvalue weighted by Crippen LogP contribution is 2.09. The van der Waals surface area contributed by atoms with Gasteiger partial charge < -0.3 is 5.32 Å². The van der Waals surface area contributed by atoms with E-state index in [1.54, 1.807) is 44.2 Å². The molecule has 7 heteroatoms. The molecule has 0 radical (unpaired) electrons. The molecule has 0 aliphatic heterocycles. The molecule has 1 atom stereocenters. The van der Waals surface area contributed by atoms with Crippen molar-refractivity contribution in [1.29, 1.82) is 0 Å². The minimum Gasteiger partial charge on any atom is -0.340 e.